The highest BCUT2D eigenvalue weighted by Gasteiger charge is 2.10. The number of hydrogen-bond acceptors (Lipinski definition) is 3. The van der Waals surface area contributed by atoms with Gasteiger partial charge in [0.15, 0.2) is 0 Å². The summed E-state index contributed by atoms with van der Waals surface area (Å²) in [4.78, 5) is 11.1. The van der Waals surface area contributed by atoms with Crippen molar-refractivity contribution in [3.05, 3.63) is 27.7 Å². The van der Waals surface area contributed by atoms with E-state index in [0.717, 1.165) is 22.0 Å². The fourth-order valence-electron chi connectivity index (χ4n) is 1.30. The molecule has 4 heteroatoms. The van der Waals surface area contributed by atoms with Crippen molar-refractivity contribution in [3.63, 3.8) is 0 Å². The maximum Gasteiger partial charge on any atom is 0.310 e. The van der Waals surface area contributed by atoms with E-state index < -0.39 is 0 Å². The van der Waals surface area contributed by atoms with E-state index in [1.165, 1.54) is 7.11 Å². The molecule has 0 aromatic heterocycles. The van der Waals surface area contributed by atoms with Gasteiger partial charge in [-0.25, -0.2) is 0 Å². The third-order valence-electron chi connectivity index (χ3n) is 2.19. The van der Waals surface area contributed by atoms with Crippen LogP contribution in [0.2, 0.25) is 0 Å². The van der Waals surface area contributed by atoms with Gasteiger partial charge in [-0.1, -0.05) is 28.9 Å². The molecule has 0 radical (unpaired) electrons. The van der Waals surface area contributed by atoms with Gasteiger partial charge in [-0.3, -0.25) is 4.79 Å². The zero-order valence-electron chi connectivity index (χ0n) is 8.71. The van der Waals surface area contributed by atoms with Crippen LogP contribution in [0.3, 0.4) is 0 Å². The molecule has 0 saturated heterocycles. The number of methoxy groups -OCH3 is 1. The van der Waals surface area contributed by atoms with Crippen LogP contribution in [-0.2, 0) is 22.4 Å². The van der Waals surface area contributed by atoms with Gasteiger partial charge in [0.25, 0.3) is 0 Å². The monoisotopic (exact) mass is 272 g/mol. The topological polar surface area (TPSA) is 46.5 Å². The highest BCUT2D eigenvalue weighted by atomic mass is 79.9. The SMILES string of the molecule is CCc1cc(CC(=O)OC)c(Br)cc1O. The molecule has 0 spiro atoms. The van der Waals surface area contributed by atoms with Gasteiger partial charge < -0.3 is 9.84 Å². The Labute approximate surface area is 97.2 Å². The lowest BCUT2D eigenvalue weighted by Gasteiger charge is -2.08. The second kappa shape index (κ2) is 5.16. The van der Waals surface area contributed by atoms with Crippen LogP contribution >= 0.6 is 15.9 Å². The first kappa shape index (κ1) is 12.0. The van der Waals surface area contributed by atoms with Gasteiger partial charge in [0, 0.05) is 4.47 Å². The number of carbonyl (C=O) groups excluding carboxylic acids is 1. The fourth-order valence-corrected chi connectivity index (χ4v) is 1.78. The van der Waals surface area contributed by atoms with E-state index in [9.17, 15) is 9.90 Å². The van der Waals surface area contributed by atoms with Crippen LogP contribution in [0.25, 0.3) is 0 Å². The Balaban J connectivity index is 3.02. The maximum atomic E-state index is 11.1. The summed E-state index contributed by atoms with van der Waals surface area (Å²) in [6.45, 7) is 1.95. The first-order valence-electron chi connectivity index (χ1n) is 4.65. The number of aromatic hydroxyl groups is 1. The van der Waals surface area contributed by atoms with Crippen LogP contribution in [0.5, 0.6) is 5.75 Å². The lowest BCUT2D eigenvalue weighted by molar-refractivity contribution is -0.139. The summed E-state index contributed by atoms with van der Waals surface area (Å²) in [6, 6.07) is 3.42. The molecule has 0 atom stereocenters. The van der Waals surface area contributed by atoms with Crippen LogP contribution in [0.15, 0.2) is 16.6 Å². The van der Waals surface area contributed by atoms with Gasteiger partial charge in [-0.2, -0.15) is 0 Å². The van der Waals surface area contributed by atoms with Crippen LogP contribution in [0, 0.1) is 0 Å². The summed E-state index contributed by atoms with van der Waals surface area (Å²) in [6.07, 6.45) is 0.942. The Morgan fingerprint density at radius 3 is 2.67 bits per heavy atom. The summed E-state index contributed by atoms with van der Waals surface area (Å²) in [5, 5.41) is 9.56. The van der Waals surface area contributed by atoms with Crippen molar-refractivity contribution in [2.45, 2.75) is 19.8 Å². The van der Waals surface area contributed by atoms with Gasteiger partial charge in [0.2, 0.25) is 0 Å². The first-order valence-corrected chi connectivity index (χ1v) is 5.44. The highest BCUT2D eigenvalue weighted by Crippen LogP contribution is 2.27. The number of hydrogen-bond donors (Lipinski definition) is 1. The normalized spacial score (nSPS) is 10.1. The van der Waals surface area contributed by atoms with E-state index in [1.54, 1.807) is 6.07 Å². The van der Waals surface area contributed by atoms with Gasteiger partial charge in [0.1, 0.15) is 5.75 Å². The molecular weight excluding hydrogens is 260 g/mol. The summed E-state index contributed by atoms with van der Waals surface area (Å²) in [5.74, 6) is -0.0403. The minimum Gasteiger partial charge on any atom is -0.508 e. The summed E-state index contributed by atoms with van der Waals surface area (Å²) in [7, 11) is 1.36. The molecule has 0 aliphatic carbocycles. The van der Waals surface area contributed by atoms with Gasteiger partial charge in [-0.15, -0.1) is 0 Å². The molecule has 82 valence electrons. The minimum absolute atomic E-state index is 0.213. The second-order valence-corrected chi connectivity index (χ2v) is 4.03. The molecule has 3 nitrogen and oxygen atoms in total. The van der Waals surface area contributed by atoms with Gasteiger partial charge in [-0.05, 0) is 23.6 Å². The smallest absolute Gasteiger partial charge is 0.310 e. The zero-order chi connectivity index (χ0) is 11.4. The number of phenols is 1. The molecule has 1 N–H and O–H groups in total. The average Bonchev–Trinajstić information content (AvgIpc) is 2.21. The first-order chi connectivity index (χ1) is 7.08. The lowest BCUT2D eigenvalue weighted by atomic mass is 10.1. The molecule has 0 unspecified atom stereocenters. The minimum atomic E-state index is -0.288. The number of carbonyl (C=O) groups is 1. The molecule has 0 amide bonds. The van der Waals surface area contributed by atoms with E-state index in [4.69, 9.17) is 0 Å². The maximum absolute atomic E-state index is 11.1. The molecular formula is C11H13BrO3. The zero-order valence-corrected chi connectivity index (χ0v) is 10.3. The molecule has 0 bridgehead atoms. The predicted molar refractivity (Wildman–Crippen MR) is 60.9 cm³/mol. The fraction of sp³-hybridized carbons (Fsp3) is 0.364. The van der Waals surface area contributed by atoms with Crippen LogP contribution in [0.4, 0.5) is 0 Å². The number of phenolic OH excluding ortho intramolecular Hbond substituents is 1. The molecule has 0 aliphatic heterocycles. The quantitative estimate of drug-likeness (QED) is 0.860. The summed E-state index contributed by atoms with van der Waals surface area (Å²) >= 11 is 3.30. The molecule has 1 aromatic rings. The van der Waals surface area contributed by atoms with Crippen LogP contribution in [-0.4, -0.2) is 18.2 Å². The molecule has 1 aromatic carbocycles. The van der Waals surface area contributed by atoms with E-state index in [2.05, 4.69) is 20.7 Å². The Morgan fingerprint density at radius 2 is 2.13 bits per heavy atom. The Kier molecular flexibility index (Phi) is 4.15. The van der Waals surface area contributed by atoms with Crippen molar-refractivity contribution < 1.29 is 14.6 Å². The molecule has 15 heavy (non-hydrogen) atoms. The third-order valence-corrected chi connectivity index (χ3v) is 2.93. The Morgan fingerprint density at radius 1 is 1.47 bits per heavy atom. The number of aryl methyl sites for hydroxylation is 1. The molecule has 0 aliphatic rings. The largest absolute Gasteiger partial charge is 0.508 e. The van der Waals surface area contributed by atoms with Crippen molar-refractivity contribution in [2.75, 3.05) is 7.11 Å². The van der Waals surface area contributed by atoms with Crippen molar-refractivity contribution in [1.82, 2.24) is 0 Å². The van der Waals surface area contributed by atoms with Crippen LogP contribution in [0.1, 0.15) is 18.1 Å². The van der Waals surface area contributed by atoms with E-state index in [1.807, 2.05) is 13.0 Å². The number of esters is 1. The van der Waals surface area contributed by atoms with Crippen LogP contribution < -0.4 is 0 Å². The highest BCUT2D eigenvalue weighted by molar-refractivity contribution is 9.10. The average molecular weight is 273 g/mol. The van der Waals surface area contributed by atoms with Crippen molar-refractivity contribution in [1.29, 1.82) is 0 Å². The standard InChI is InChI=1S/C11H13BrO3/c1-3-7-4-8(5-11(14)15-2)9(12)6-10(7)13/h4,6,13H,3,5H2,1-2H3. The molecule has 0 fully saturated rings. The van der Waals surface area contributed by atoms with Crippen molar-refractivity contribution in [2.24, 2.45) is 0 Å². The van der Waals surface area contributed by atoms with Crippen molar-refractivity contribution >= 4 is 21.9 Å². The second-order valence-electron chi connectivity index (χ2n) is 3.18. The number of ether oxygens (including phenoxy) is 1. The number of benzene rings is 1. The Hall–Kier alpha value is -1.03. The lowest BCUT2D eigenvalue weighted by Crippen LogP contribution is -2.05. The molecule has 1 rings (SSSR count). The van der Waals surface area contributed by atoms with E-state index in [-0.39, 0.29) is 18.1 Å². The van der Waals surface area contributed by atoms with Gasteiger partial charge in [0.05, 0.1) is 13.5 Å². The van der Waals surface area contributed by atoms with E-state index >= 15 is 0 Å². The van der Waals surface area contributed by atoms with Gasteiger partial charge >= 0.3 is 5.97 Å². The number of rotatable bonds is 3. The summed E-state index contributed by atoms with van der Waals surface area (Å²) in [5.41, 5.74) is 1.66. The third kappa shape index (κ3) is 2.96. The Bertz CT molecular complexity index is 374. The molecule has 0 heterocycles. The van der Waals surface area contributed by atoms with E-state index in [0.29, 0.717) is 0 Å². The predicted octanol–water partition coefficient (Wildman–Crippen LogP) is 2.43. The molecule has 0 saturated carbocycles. The summed E-state index contributed by atoms with van der Waals surface area (Å²) < 4.78 is 5.32. The van der Waals surface area contributed by atoms with Crippen molar-refractivity contribution in [3.8, 4) is 5.75 Å². The number of halogens is 1.